The minimum atomic E-state index is -0.908. The molecule has 0 spiro atoms. The number of halogens is 1. The van der Waals surface area contributed by atoms with Gasteiger partial charge in [-0.15, -0.1) is 0 Å². The number of benzene rings is 1. The minimum Gasteiger partial charge on any atom is -0.452 e. The van der Waals surface area contributed by atoms with Crippen molar-refractivity contribution in [2.75, 3.05) is 24.2 Å². The quantitative estimate of drug-likeness (QED) is 0.618. The van der Waals surface area contributed by atoms with Crippen LogP contribution >= 0.6 is 35.6 Å². The third kappa shape index (κ3) is 5.65. The number of likely N-dealkylation sites (tertiary alicyclic amines) is 1. The second-order valence-electron chi connectivity index (χ2n) is 5.35. The Kier molecular flexibility index (Phi) is 7.33. The summed E-state index contributed by atoms with van der Waals surface area (Å²) in [6.07, 6.45) is 1.35. The normalized spacial score (nSPS) is 15.0. The lowest BCUT2D eigenvalue weighted by molar-refractivity contribution is -0.150. The summed E-state index contributed by atoms with van der Waals surface area (Å²) < 4.78 is 5.85. The topological polar surface area (TPSA) is 58.6 Å². The van der Waals surface area contributed by atoms with E-state index >= 15 is 0 Å². The number of thiocarbonyl (C=S) groups is 1. The highest BCUT2D eigenvalue weighted by Crippen LogP contribution is 2.21. The van der Waals surface area contributed by atoms with Gasteiger partial charge in [0.1, 0.15) is 4.32 Å². The molecule has 1 heterocycles. The number of amides is 1. The van der Waals surface area contributed by atoms with E-state index in [1.807, 2.05) is 0 Å². The van der Waals surface area contributed by atoms with Gasteiger partial charge in [-0.3, -0.25) is 9.59 Å². The molecule has 2 rings (SSSR count). The predicted molar refractivity (Wildman–Crippen MR) is 101 cm³/mol. The van der Waals surface area contributed by atoms with Crippen LogP contribution in [0.1, 0.15) is 19.8 Å². The SMILES string of the molecule is C[C@H](OC(=O)CSC(=S)N1CCCC1)C(=O)Nc1ccccc1Cl. The molecule has 0 aromatic heterocycles. The average molecular weight is 387 g/mol. The van der Waals surface area contributed by atoms with Crippen LogP contribution in [0.2, 0.25) is 5.02 Å². The molecule has 1 atom stereocenters. The van der Waals surface area contributed by atoms with E-state index in [0.29, 0.717) is 15.0 Å². The standard InChI is InChI=1S/C16H19ClN2O3S2/c1-11(15(21)18-13-7-3-2-6-12(13)17)22-14(20)10-24-16(23)19-8-4-5-9-19/h2-3,6-7,11H,4-5,8-10H2,1H3,(H,18,21)/t11-/m0/s1. The van der Waals surface area contributed by atoms with Crippen LogP contribution in [-0.4, -0.2) is 46.0 Å². The molecule has 1 aliphatic rings. The fourth-order valence-electron chi connectivity index (χ4n) is 2.19. The predicted octanol–water partition coefficient (Wildman–Crippen LogP) is 3.32. The lowest BCUT2D eigenvalue weighted by Crippen LogP contribution is -2.31. The lowest BCUT2D eigenvalue weighted by atomic mass is 10.3. The maximum absolute atomic E-state index is 12.1. The number of nitrogens with zero attached hydrogens (tertiary/aromatic N) is 1. The van der Waals surface area contributed by atoms with Gasteiger partial charge in [0.2, 0.25) is 0 Å². The van der Waals surface area contributed by atoms with Crippen molar-refractivity contribution in [3.05, 3.63) is 29.3 Å². The number of carbonyl (C=O) groups excluding carboxylic acids is 2. The van der Waals surface area contributed by atoms with Gasteiger partial charge in [-0.1, -0.05) is 47.7 Å². The van der Waals surface area contributed by atoms with Gasteiger partial charge in [0.15, 0.2) is 6.10 Å². The number of thioether (sulfide) groups is 1. The van der Waals surface area contributed by atoms with Crippen molar-refractivity contribution in [2.24, 2.45) is 0 Å². The first-order chi connectivity index (χ1) is 11.5. The summed E-state index contributed by atoms with van der Waals surface area (Å²) in [7, 11) is 0. The molecule has 0 aliphatic carbocycles. The molecule has 24 heavy (non-hydrogen) atoms. The Balaban J connectivity index is 1.75. The number of esters is 1. The van der Waals surface area contributed by atoms with Crippen LogP contribution in [0.25, 0.3) is 0 Å². The van der Waals surface area contributed by atoms with Crippen molar-refractivity contribution in [3.63, 3.8) is 0 Å². The summed E-state index contributed by atoms with van der Waals surface area (Å²) in [4.78, 5) is 26.0. The molecule has 1 amide bonds. The molecule has 0 radical (unpaired) electrons. The minimum absolute atomic E-state index is 0.0963. The zero-order valence-electron chi connectivity index (χ0n) is 13.3. The highest BCUT2D eigenvalue weighted by Gasteiger charge is 2.20. The molecule has 0 bridgehead atoms. The summed E-state index contributed by atoms with van der Waals surface area (Å²) in [6, 6.07) is 6.87. The molecule has 0 unspecified atom stereocenters. The van der Waals surface area contributed by atoms with E-state index in [1.165, 1.54) is 18.7 Å². The van der Waals surface area contributed by atoms with Crippen molar-refractivity contribution < 1.29 is 14.3 Å². The molecular weight excluding hydrogens is 368 g/mol. The van der Waals surface area contributed by atoms with E-state index in [9.17, 15) is 9.59 Å². The number of ether oxygens (including phenoxy) is 1. The molecule has 130 valence electrons. The van der Waals surface area contributed by atoms with Gasteiger partial charge in [0.25, 0.3) is 5.91 Å². The largest absolute Gasteiger partial charge is 0.452 e. The maximum Gasteiger partial charge on any atom is 0.317 e. The fraction of sp³-hybridized carbons (Fsp3) is 0.438. The van der Waals surface area contributed by atoms with Crippen LogP contribution in [0.15, 0.2) is 24.3 Å². The van der Waals surface area contributed by atoms with Gasteiger partial charge in [0, 0.05) is 13.1 Å². The number of rotatable bonds is 5. The zero-order valence-corrected chi connectivity index (χ0v) is 15.7. The van der Waals surface area contributed by atoms with Gasteiger partial charge in [-0.25, -0.2) is 0 Å². The van der Waals surface area contributed by atoms with Crippen LogP contribution in [0.5, 0.6) is 0 Å². The summed E-state index contributed by atoms with van der Waals surface area (Å²) in [6.45, 7) is 3.41. The number of hydrogen-bond acceptors (Lipinski definition) is 5. The Hall–Kier alpha value is -1.31. The average Bonchev–Trinajstić information content (AvgIpc) is 3.09. The fourth-order valence-corrected chi connectivity index (χ4v) is 3.41. The Morgan fingerprint density at radius 1 is 1.38 bits per heavy atom. The van der Waals surface area contributed by atoms with Gasteiger partial charge < -0.3 is 15.0 Å². The van der Waals surface area contributed by atoms with E-state index in [-0.39, 0.29) is 5.75 Å². The highest BCUT2D eigenvalue weighted by molar-refractivity contribution is 8.23. The van der Waals surface area contributed by atoms with Crippen molar-refractivity contribution in [1.29, 1.82) is 0 Å². The summed E-state index contributed by atoms with van der Waals surface area (Å²) in [5.41, 5.74) is 0.483. The van der Waals surface area contributed by atoms with Crippen LogP contribution in [-0.2, 0) is 14.3 Å². The first kappa shape index (κ1) is 19.0. The Bertz CT molecular complexity index is 621. The van der Waals surface area contributed by atoms with E-state index in [1.54, 1.807) is 24.3 Å². The van der Waals surface area contributed by atoms with Crippen molar-refractivity contribution in [1.82, 2.24) is 4.90 Å². The first-order valence-electron chi connectivity index (χ1n) is 7.64. The molecule has 1 aliphatic heterocycles. The number of carbonyl (C=O) groups is 2. The summed E-state index contributed by atoms with van der Waals surface area (Å²) in [5.74, 6) is -0.800. The molecule has 0 saturated carbocycles. The molecular formula is C16H19ClN2O3S2. The van der Waals surface area contributed by atoms with Gasteiger partial charge in [-0.05, 0) is 31.9 Å². The van der Waals surface area contributed by atoms with Crippen LogP contribution in [0, 0.1) is 0 Å². The van der Waals surface area contributed by atoms with Gasteiger partial charge in [-0.2, -0.15) is 0 Å². The molecule has 1 N–H and O–H groups in total. The van der Waals surface area contributed by atoms with Crippen molar-refractivity contribution in [3.8, 4) is 0 Å². The van der Waals surface area contributed by atoms with Gasteiger partial charge in [0.05, 0.1) is 16.5 Å². The molecule has 1 aromatic carbocycles. The van der Waals surface area contributed by atoms with Crippen LogP contribution in [0.3, 0.4) is 0 Å². The Morgan fingerprint density at radius 2 is 2.04 bits per heavy atom. The Morgan fingerprint density at radius 3 is 2.71 bits per heavy atom. The molecule has 8 heteroatoms. The second-order valence-corrected chi connectivity index (χ2v) is 7.37. The van der Waals surface area contributed by atoms with E-state index in [0.717, 1.165) is 25.9 Å². The first-order valence-corrected chi connectivity index (χ1v) is 9.41. The second kappa shape index (κ2) is 9.25. The monoisotopic (exact) mass is 386 g/mol. The Labute approximate surface area is 156 Å². The smallest absolute Gasteiger partial charge is 0.317 e. The van der Waals surface area contributed by atoms with E-state index < -0.39 is 18.0 Å². The van der Waals surface area contributed by atoms with Crippen molar-refractivity contribution in [2.45, 2.75) is 25.9 Å². The number of nitrogens with one attached hydrogen (secondary N) is 1. The molecule has 1 aromatic rings. The summed E-state index contributed by atoms with van der Waals surface area (Å²) in [5, 5.41) is 3.06. The van der Waals surface area contributed by atoms with E-state index in [4.69, 9.17) is 28.6 Å². The van der Waals surface area contributed by atoms with Crippen LogP contribution < -0.4 is 5.32 Å². The van der Waals surface area contributed by atoms with Crippen LogP contribution in [0.4, 0.5) is 5.69 Å². The van der Waals surface area contributed by atoms with Gasteiger partial charge >= 0.3 is 5.97 Å². The number of hydrogen-bond donors (Lipinski definition) is 1. The maximum atomic E-state index is 12.1. The third-order valence-corrected chi connectivity index (χ3v) is 5.31. The number of para-hydroxylation sites is 1. The molecule has 1 saturated heterocycles. The lowest BCUT2D eigenvalue weighted by Gasteiger charge is -2.18. The third-order valence-electron chi connectivity index (χ3n) is 3.49. The molecule has 5 nitrogen and oxygen atoms in total. The van der Waals surface area contributed by atoms with E-state index in [2.05, 4.69) is 10.2 Å². The summed E-state index contributed by atoms with van der Waals surface area (Å²) >= 11 is 12.5. The van der Waals surface area contributed by atoms with Crippen molar-refractivity contribution >= 4 is 57.5 Å². The highest BCUT2D eigenvalue weighted by atomic mass is 35.5. The zero-order chi connectivity index (χ0) is 17.5. The number of anilines is 1. The molecule has 1 fully saturated rings.